The second-order valence-corrected chi connectivity index (χ2v) is 8.55. The highest BCUT2D eigenvalue weighted by Crippen LogP contribution is 2.56. The van der Waals surface area contributed by atoms with Crippen LogP contribution in [0.25, 0.3) is 0 Å². The number of carbonyl (C=O) groups is 2. The summed E-state index contributed by atoms with van der Waals surface area (Å²) in [6, 6.07) is 13.3. The van der Waals surface area contributed by atoms with Crippen molar-refractivity contribution in [3.05, 3.63) is 59.7 Å². The van der Waals surface area contributed by atoms with Gasteiger partial charge in [-0.2, -0.15) is 0 Å². The second kappa shape index (κ2) is 5.52. The molecule has 0 radical (unpaired) electrons. The van der Waals surface area contributed by atoms with Crippen LogP contribution < -0.4 is 5.32 Å². The zero-order chi connectivity index (χ0) is 17.8. The zero-order valence-electron chi connectivity index (χ0n) is 13.9. The van der Waals surface area contributed by atoms with E-state index in [1.807, 2.05) is 38.1 Å². The minimum Gasteiger partial charge on any atom is -0.508 e. The van der Waals surface area contributed by atoms with Crippen LogP contribution in [0.1, 0.15) is 35.1 Å². The third-order valence-corrected chi connectivity index (χ3v) is 6.21. The Labute approximate surface area is 150 Å². The van der Waals surface area contributed by atoms with Crippen LogP contribution in [0.3, 0.4) is 0 Å². The lowest BCUT2D eigenvalue weighted by molar-refractivity contribution is -0.121. The highest BCUT2D eigenvalue weighted by Gasteiger charge is 2.57. The molecule has 128 valence electrons. The summed E-state index contributed by atoms with van der Waals surface area (Å²) in [5.74, 6) is -0.170. The maximum atomic E-state index is 13.0. The fourth-order valence-corrected chi connectivity index (χ4v) is 5.15. The van der Waals surface area contributed by atoms with Crippen LogP contribution in [0, 0.1) is 0 Å². The molecule has 2 aromatic carbocycles. The van der Waals surface area contributed by atoms with E-state index in [0.717, 1.165) is 5.56 Å². The number of fused-ring (bicyclic) bond motifs is 3. The van der Waals surface area contributed by atoms with E-state index in [2.05, 4.69) is 5.32 Å². The Morgan fingerprint density at radius 3 is 2.56 bits per heavy atom. The zero-order valence-corrected chi connectivity index (χ0v) is 14.7. The lowest BCUT2D eigenvalue weighted by Gasteiger charge is -2.29. The standard InChI is InChI=1S/C19H18N2O3S/c1-19(2)15(16(23)20-11-7-9-12(22)10-8-11)21-17(24)13-5-3-4-6-14(13)18(21)25-19/h3-10,15,18,22H,1-2H3,(H,20,23)/t15-,18+/m1/s1. The van der Waals surface area contributed by atoms with Gasteiger partial charge in [-0.15, -0.1) is 11.8 Å². The molecule has 0 saturated carbocycles. The normalized spacial score (nSPS) is 23.3. The van der Waals surface area contributed by atoms with Crippen molar-refractivity contribution in [2.45, 2.75) is 30.0 Å². The first-order chi connectivity index (χ1) is 11.9. The van der Waals surface area contributed by atoms with E-state index in [-0.39, 0.29) is 22.9 Å². The maximum Gasteiger partial charge on any atom is 0.256 e. The molecule has 1 saturated heterocycles. The largest absolute Gasteiger partial charge is 0.508 e. The molecule has 0 aliphatic carbocycles. The molecule has 2 aromatic rings. The van der Waals surface area contributed by atoms with E-state index in [1.54, 1.807) is 28.8 Å². The molecule has 4 rings (SSSR count). The van der Waals surface area contributed by atoms with Crippen molar-refractivity contribution in [2.24, 2.45) is 0 Å². The number of anilines is 1. The molecule has 25 heavy (non-hydrogen) atoms. The molecule has 1 fully saturated rings. The van der Waals surface area contributed by atoms with Crippen LogP contribution in [0.2, 0.25) is 0 Å². The minimum atomic E-state index is -0.573. The molecule has 6 heteroatoms. The summed E-state index contributed by atoms with van der Waals surface area (Å²) in [6.07, 6.45) is 0. The van der Waals surface area contributed by atoms with Crippen molar-refractivity contribution in [1.29, 1.82) is 0 Å². The number of phenolic OH excluding ortho intramolecular Hbond substituents is 1. The number of nitrogens with zero attached hydrogens (tertiary/aromatic N) is 1. The molecule has 2 aliphatic heterocycles. The highest BCUT2D eigenvalue weighted by atomic mass is 32.2. The quantitative estimate of drug-likeness (QED) is 0.811. The average molecular weight is 354 g/mol. The van der Waals surface area contributed by atoms with Crippen LogP contribution in [0.15, 0.2) is 48.5 Å². The van der Waals surface area contributed by atoms with E-state index in [1.165, 1.54) is 12.1 Å². The lowest BCUT2D eigenvalue weighted by atomic mass is 10.0. The van der Waals surface area contributed by atoms with Crippen molar-refractivity contribution in [3.8, 4) is 5.75 Å². The number of nitrogens with one attached hydrogen (secondary N) is 1. The van der Waals surface area contributed by atoms with Crippen LogP contribution in [0.5, 0.6) is 5.75 Å². The number of aromatic hydroxyl groups is 1. The van der Waals surface area contributed by atoms with E-state index in [9.17, 15) is 14.7 Å². The fourth-order valence-electron chi connectivity index (χ4n) is 3.56. The first-order valence-electron chi connectivity index (χ1n) is 8.08. The maximum absolute atomic E-state index is 13.0. The van der Waals surface area contributed by atoms with Crippen molar-refractivity contribution < 1.29 is 14.7 Å². The summed E-state index contributed by atoms with van der Waals surface area (Å²) < 4.78 is -0.408. The van der Waals surface area contributed by atoms with Crippen molar-refractivity contribution >= 4 is 29.3 Å². The van der Waals surface area contributed by atoms with Crippen LogP contribution in [0.4, 0.5) is 5.69 Å². The number of benzene rings is 2. The fraction of sp³-hybridized carbons (Fsp3) is 0.263. The van der Waals surface area contributed by atoms with Gasteiger partial charge in [0.05, 0.1) is 0 Å². The minimum absolute atomic E-state index is 0.0930. The number of rotatable bonds is 2. The molecule has 2 N–H and O–H groups in total. The highest BCUT2D eigenvalue weighted by molar-refractivity contribution is 8.01. The van der Waals surface area contributed by atoms with Gasteiger partial charge in [0.15, 0.2) is 0 Å². The molecule has 0 spiro atoms. The molecular formula is C19H18N2O3S. The number of hydrogen-bond acceptors (Lipinski definition) is 4. The summed E-state index contributed by atoms with van der Waals surface area (Å²) in [7, 11) is 0. The van der Waals surface area contributed by atoms with Crippen molar-refractivity contribution in [3.63, 3.8) is 0 Å². The van der Waals surface area contributed by atoms with Gasteiger partial charge in [0.2, 0.25) is 5.91 Å². The molecule has 2 atom stereocenters. The molecule has 2 amide bonds. The predicted octanol–water partition coefficient (Wildman–Crippen LogP) is 3.38. The summed E-state index contributed by atoms with van der Waals surface area (Å²) in [6.45, 7) is 3.99. The van der Waals surface area contributed by atoms with E-state index in [0.29, 0.717) is 11.3 Å². The second-order valence-electron chi connectivity index (χ2n) is 6.81. The van der Waals surface area contributed by atoms with E-state index in [4.69, 9.17) is 0 Å². The van der Waals surface area contributed by atoms with Gasteiger partial charge in [-0.05, 0) is 49.7 Å². The third kappa shape index (κ3) is 2.48. The van der Waals surface area contributed by atoms with Gasteiger partial charge in [-0.3, -0.25) is 9.59 Å². The Kier molecular flexibility index (Phi) is 3.54. The van der Waals surface area contributed by atoms with Gasteiger partial charge in [0.25, 0.3) is 5.91 Å². The monoisotopic (exact) mass is 354 g/mol. The topological polar surface area (TPSA) is 69.6 Å². The SMILES string of the molecule is CC1(C)S[C@H]2c3ccccc3C(=O)N2[C@@H]1C(=O)Nc1ccc(O)cc1. The van der Waals surface area contributed by atoms with Gasteiger partial charge in [-0.25, -0.2) is 0 Å². The molecule has 5 nitrogen and oxygen atoms in total. The Hall–Kier alpha value is -2.47. The average Bonchev–Trinajstić information content (AvgIpc) is 3.00. The predicted molar refractivity (Wildman–Crippen MR) is 97.5 cm³/mol. The Balaban J connectivity index is 1.66. The van der Waals surface area contributed by atoms with Crippen LogP contribution >= 0.6 is 11.8 Å². The van der Waals surface area contributed by atoms with Gasteiger partial charge in [0, 0.05) is 16.0 Å². The lowest BCUT2D eigenvalue weighted by Crippen LogP contribution is -2.50. The molecule has 0 bridgehead atoms. The van der Waals surface area contributed by atoms with Gasteiger partial charge >= 0.3 is 0 Å². The summed E-state index contributed by atoms with van der Waals surface area (Å²) in [5, 5.41) is 12.1. The number of hydrogen-bond donors (Lipinski definition) is 2. The van der Waals surface area contributed by atoms with Gasteiger partial charge in [-0.1, -0.05) is 18.2 Å². The van der Waals surface area contributed by atoms with Crippen LogP contribution in [-0.4, -0.2) is 32.6 Å². The van der Waals surface area contributed by atoms with Crippen LogP contribution in [-0.2, 0) is 4.79 Å². The smallest absolute Gasteiger partial charge is 0.256 e. The Morgan fingerprint density at radius 1 is 1.16 bits per heavy atom. The number of amides is 2. The Bertz CT molecular complexity index is 863. The third-order valence-electron chi connectivity index (χ3n) is 4.68. The number of thioether (sulfide) groups is 1. The first kappa shape index (κ1) is 16.0. The first-order valence-corrected chi connectivity index (χ1v) is 8.96. The molecule has 2 heterocycles. The van der Waals surface area contributed by atoms with Gasteiger partial charge < -0.3 is 15.3 Å². The molecule has 0 aromatic heterocycles. The summed E-state index contributed by atoms with van der Waals surface area (Å²) in [5.41, 5.74) is 2.25. The van der Waals surface area contributed by atoms with E-state index >= 15 is 0 Å². The summed E-state index contributed by atoms with van der Waals surface area (Å²) in [4.78, 5) is 27.6. The Morgan fingerprint density at radius 2 is 1.84 bits per heavy atom. The molecular weight excluding hydrogens is 336 g/mol. The number of phenols is 1. The van der Waals surface area contributed by atoms with Crippen molar-refractivity contribution in [2.75, 3.05) is 5.32 Å². The number of carbonyl (C=O) groups excluding carboxylic acids is 2. The van der Waals surface area contributed by atoms with E-state index < -0.39 is 10.8 Å². The molecule has 0 unspecified atom stereocenters. The van der Waals surface area contributed by atoms with Crippen molar-refractivity contribution in [1.82, 2.24) is 4.90 Å². The molecule has 2 aliphatic rings. The summed E-state index contributed by atoms with van der Waals surface area (Å²) >= 11 is 1.64. The van der Waals surface area contributed by atoms with Gasteiger partial charge in [0.1, 0.15) is 17.2 Å².